The van der Waals surface area contributed by atoms with Crippen LogP contribution in [0.5, 0.6) is 11.5 Å². The first-order valence-corrected chi connectivity index (χ1v) is 6.56. The molecule has 3 nitrogen and oxygen atoms in total. The lowest BCUT2D eigenvalue weighted by molar-refractivity contribution is 0.112. The summed E-state index contributed by atoms with van der Waals surface area (Å²) in [6.45, 7) is 1.64. The number of methoxy groups -OCH3 is 2. The van der Waals surface area contributed by atoms with Gasteiger partial charge < -0.3 is 9.47 Å². The maximum atomic E-state index is 13.5. The first-order chi connectivity index (χ1) is 10.0. The van der Waals surface area contributed by atoms with E-state index in [-0.39, 0.29) is 5.02 Å². The summed E-state index contributed by atoms with van der Waals surface area (Å²) in [7, 11) is 2.99. The van der Waals surface area contributed by atoms with Crippen molar-refractivity contribution < 1.29 is 18.7 Å². The van der Waals surface area contributed by atoms with Crippen LogP contribution < -0.4 is 9.47 Å². The highest BCUT2D eigenvalue weighted by Crippen LogP contribution is 2.38. The molecule has 0 N–H and O–H groups in total. The zero-order chi connectivity index (χ0) is 15.6. The molecule has 0 aromatic heterocycles. The smallest absolute Gasteiger partial charge is 0.161 e. The van der Waals surface area contributed by atoms with Gasteiger partial charge in [0.2, 0.25) is 0 Å². The molecular weight excluding hydrogens is 295 g/mol. The zero-order valence-electron chi connectivity index (χ0n) is 11.9. The van der Waals surface area contributed by atoms with Crippen LogP contribution >= 0.6 is 11.6 Å². The number of ether oxygens (including phenoxy) is 2. The quantitative estimate of drug-likeness (QED) is 0.791. The van der Waals surface area contributed by atoms with Crippen molar-refractivity contribution in [1.82, 2.24) is 0 Å². The molecular formula is C16H14ClFO3. The molecule has 0 aliphatic rings. The summed E-state index contributed by atoms with van der Waals surface area (Å²) in [5.74, 6) is 0.520. The molecule has 2 rings (SSSR count). The highest BCUT2D eigenvalue weighted by molar-refractivity contribution is 6.33. The Morgan fingerprint density at radius 2 is 1.67 bits per heavy atom. The van der Waals surface area contributed by atoms with Gasteiger partial charge in [0, 0.05) is 11.1 Å². The van der Waals surface area contributed by atoms with E-state index in [1.807, 2.05) is 0 Å². The van der Waals surface area contributed by atoms with E-state index in [0.29, 0.717) is 40.0 Å². The van der Waals surface area contributed by atoms with Crippen LogP contribution in [0.3, 0.4) is 0 Å². The number of aldehydes is 1. The summed E-state index contributed by atoms with van der Waals surface area (Å²) in [6.07, 6.45) is 0.701. The molecule has 0 radical (unpaired) electrons. The predicted octanol–water partition coefficient (Wildman–Crippen LogP) is 4.28. The standard InChI is InChI=1S/C16H14ClFO3/c1-9-4-12(13(17)7-14(9)18)11-6-16(21-3)15(20-2)5-10(11)8-19/h4-8H,1-3H3. The summed E-state index contributed by atoms with van der Waals surface area (Å²) in [4.78, 5) is 11.3. The number of benzene rings is 2. The number of hydrogen-bond acceptors (Lipinski definition) is 3. The Morgan fingerprint density at radius 1 is 1.05 bits per heavy atom. The Kier molecular flexibility index (Phi) is 4.48. The average molecular weight is 309 g/mol. The number of hydrogen-bond donors (Lipinski definition) is 0. The second kappa shape index (κ2) is 6.14. The summed E-state index contributed by atoms with van der Waals surface area (Å²) < 4.78 is 23.9. The number of carbonyl (C=O) groups is 1. The largest absolute Gasteiger partial charge is 0.493 e. The van der Waals surface area contributed by atoms with E-state index in [1.165, 1.54) is 20.3 Å². The normalized spacial score (nSPS) is 10.3. The van der Waals surface area contributed by atoms with E-state index in [0.717, 1.165) is 0 Å². The van der Waals surface area contributed by atoms with E-state index in [1.54, 1.807) is 25.1 Å². The summed E-state index contributed by atoms with van der Waals surface area (Å²) >= 11 is 6.11. The van der Waals surface area contributed by atoms with E-state index in [4.69, 9.17) is 21.1 Å². The maximum Gasteiger partial charge on any atom is 0.161 e. The molecule has 0 atom stereocenters. The minimum Gasteiger partial charge on any atom is -0.493 e. The summed E-state index contributed by atoms with van der Waals surface area (Å²) in [5, 5.41) is 0.230. The second-order valence-electron chi connectivity index (χ2n) is 4.49. The molecule has 0 amide bonds. The third kappa shape index (κ3) is 2.85. The average Bonchev–Trinajstić information content (AvgIpc) is 2.49. The van der Waals surface area contributed by atoms with Gasteiger partial charge in [-0.15, -0.1) is 0 Å². The van der Waals surface area contributed by atoms with Crippen LogP contribution in [0.2, 0.25) is 5.02 Å². The fourth-order valence-corrected chi connectivity index (χ4v) is 2.34. The first-order valence-electron chi connectivity index (χ1n) is 6.19. The van der Waals surface area contributed by atoms with Crippen molar-refractivity contribution in [2.24, 2.45) is 0 Å². The highest BCUT2D eigenvalue weighted by atomic mass is 35.5. The Labute approximate surface area is 127 Å². The van der Waals surface area contributed by atoms with Crippen molar-refractivity contribution in [3.63, 3.8) is 0 Å². The van der Waals surface area contributed by atoms with E-state index in [9.17, 15) is 9.18 Å². The molecule has 0 bridgehead atoms. The third-order valence-corrected chi connectivity index (χ3v) is 3.53. The van der Waals surface area contributed by atoms with Gasteiger partial charge in [0.25, 0.3) is 0 Å². The number of carbonyl (C=O) groups excluding carboxylic acids is 1. The van der Waals surface area contributed by atoms with Crippen LogP contribution in [0.1, 0.15) is 15.9 Å². The molecule has 0 saturated carbocycles. The lowest BCUT2D eigenvalue weighted by atomic mass is 9.97. The maximum absolute atomic E-state index is 13.5. The fraction of sp³-hybridized carbons (Fsp3) is 0.188. The summed E-state index contributed by atoms with van der Waals surface area (Å²) in [6, 6.07) is 6.06. The zero-order valence-corrected chi connectivity index (χ0v) is 12.6. The SMILES string of the molecule is COc1cc(C=O)c(-c2cc(C)c(F)cc2Cl)cc1OC. The van der Waals surface area contributed by atoms with Crippen molar-refractivity contribution in [1.29, 1.82) is 0 Å². The van der Waals surface area contributed by atoms with Crippen LogP contribution in [0.15, 0.2) is 24.3 Å². The molecule has 2 aromatic carbocycles. The van der Waals surface area contributed by atoms with E-state index < -0.39 is 5.82 Å². The van der Waals surface area contributed by atoms with Crippen molar-refractivity contribution in [3.05, 3.63) is 46.2 Å². The van der Waals surface area contributed by atoms with Crippen LogP contribution in [0.25, 0.3) is 11.1 Å². The topological polar surface area (TPSA) is 35.5 Å². The van der Waals surface area contributed by atoms with Gasteiger partial charge in [0.05, 0.1) is 19.2 Å². The van der Waals surface area contributed by atoms with Gasteiger partial charge in [-0.2, -0.15) is 0 Å². The van der Waals surface area contributed by atoms with Crippen LogP contribution in [0, 0.1) is 12.7 Å². The minimum atomic E-state index is -0.392. The molecule has 110 valence electrons. The number of rotatable bonds is 4. The molecule has 0 heterocycles. The van der Waals surface area contributed by atoms with Crippen molar-refractivity contribution in [2.75, 3.05) is 14.2 Å². The lowest BCUT2D eigenvalue weighted by Crippen LogP contribution is -1.96. The Morgan fingerprint density at radius 3 is 2.24 bits per heavy atom. The van der Waals surface area contributed by atoms with Gasteiger partial charge >= 0.3 is 0 Å². The predicted molar refractivity (Wildman–Crippen MR) is 80.1 cm³/mol. The molecule has 0 fully saturated rings. The number of halogens is 2. The second-order valence-corrected chi connectivity index (χ2v) is 4.90. The van der Waals surface area contributed by atoms with Crippen LogP contribution in [0.4, 0.5) is 4.39 Å². The molecule has 5 heteroatoms. The van der Waals surface area contributed by atoms with Gasteiger partial charge in [-0.05, 0) is 42.3 Å². The monoisotopic (exact) mass is 308 g/mol. The van der Waals surface area contributed by atoms with E-state index in [2.05, 4.69) is 0 Å². The van der Waals surface area contributed by atoms with Crippen molar-refractivity contribution in [3.8, 4) is 22.6 Å². The summed E-state index contributed by atoms with van der Waals surface area (Å²) in [5.41, 5.74) is 1.97. The lowest BCUT2D eigenvalue weighted by Gasteiger charge is -2.14. The molecule has 2 aromatic rings. The van der Waals surface area contributed by atoms with Gasteiger partial charge in [-0.3, -0.25) is 4.79 Å². The molecule has 0 aliphatic heterocycles. The minimum absolute atomic E-state index is 0.230. The van der Waals surface area contributed by atoms with Crippen molar-refractivity contribution in [2.45, 2.75) is 6.92 Å². The Balaban J connectivity index is 2.73. The first kappa shape index (κ1) is 15.3. The number of aryl methyl sites for hydroxylation is 1. The molecule has 0 saturated heterocycles. The van der Waals surface area contributed by atoms with Crippen molar-refractivity contribution >= 4 is 17.9 Å². The third-order valence-electron chi connectivity index (χ3n) is 3.22. The van der Waals surface area contributed by atoms with Gasteiger partial charge in [-0.1, -0.05) is 11.6 Å². The molecule has 0 spiro atoms. The van der Waals surface area contributed by atoms with E-state index >= 15 is 0 Å². The fourth-order valence-electron chi connectivity index (χ4n) is 2.09. The Hall–Kier alpha value is -2.07. The highest BCUT2D eigenvalue weighted by Gasteiger charge is 2.16. The molecule has 21 heavy (non-hydrogen) atoms. The Bertz CT molecular complexity index is 698. The van der Waals surface area contributed by atoms with Gasteiger partial charge in [0.1, 0.15) is 5.82 Å². The van der Waals surface area contributed by atoms with Gasteiger partial charge in [-0.25, -0.2) is 4.39 Å². The molecule has 0 unspecified atom stereocenters. The van der Waals surface area contributed by atoms with Crippen LogP contribution in [-0.4, -0.2) is 20.5 Å². The van der Waals surface area contributed by atoms with Crippen LogP contribution in [-0.2, 0) is 0 Å². The molecule has 0 aliphatic carbocycles. The van der Waals surface area contributed by atoms with Gasteiger partial charge in [0.15, 0.2) is 17.8 Å².